The predicted octanol–water partition coefficient (Wildman–Crippen LogP) is 4.35. The highest BCUT2D eigenvalue weighted by Crippen LogP contribution is 2.27. The van der Waals surface area contributed by atoms with Crippen molar-refractivity contribution in [1.82, 2.24) is 4.98 Å². The smallest absolute Gasteiger partial charge is 0.339 e. The largest absolute Gasteiger partial charge is 0.495 e. The number of rotatable bonds is 5. The van der Waals surface area contributed by atoms with E-state index in [-0.39, 0.29) is 10.7 Å². The molecule has 0 fully saturated rings. The number of hydrogen-bond acceptors (Lipinski definition) is 5. The van der Waals surface area contributed by atoms with Crippen LogP contribution < -0.4 is 10.1 Å². The zero-order valence-electron chi connectivity index (χ0n) is 14.2. The summed E-state index contributed by atoms with van der Waals surface area (Å²) >= 11 is 12.0. The molecule has 1 N–H and O–H groups in total. The van der Waals surface area contributed by atoms with E-state index in [0.717, 1.165) is 0 Å². The molecule has 1 aromatic heterocycles. The summed E-state index contributed by atoms with van der Waals surface area (Å²) in [5.74, 6) is -0.685. The fourth-order valence-corrected chi connectivity index (χ4v) is 2.92. The van der Waals surface area contributed by atoms with E-state index >= 15 is 0 Å². The third-order valence-corrected chi connectivity index (χ3v) is 4.16. The summed E-state index contributed by atoms with van der Waals surface area (Å²) in [6.45, 7) is -0.462. The molecule has 2 aromatic carbocycles. The summed E-state index contributed by atoms with van der Waals surface area (Å²) < 4.78 is 10.2. The number of hydrogen-bond donors (Lipinski definition) is 1. The Morgan fingerprint density at radius 3 is 2.63 bits per heavy atom. The second-order valence-electron chi connectivity index (χ2n) is 5.48. The maximum atomic E-state index is 12.4. The molecule has 0 bridgehead atoms. The molecule has 6 nitrogen and oxygen atoms in total. The quantitative estimate of drug-likeness (QED) is 0.505. The molecule has 3 rings (SSSR count). The SMILES string of the molecule is COc1ccc(NC(=O)COC(=O)c2cc(Cl)nc3ccccc23)cc1Cl. The molecular formula is C19H14Cl2N2O4. The zero-order chi connectivity index (χ0) is 19.4. The molecule has 1 heterocycles. The molecule has 8 heteroatoms. The topological polar surface area (TPSA) is 77.5 Å². The van der Waals surface area contributed by atoms with Crippen molar-refractivity contribution in [3.63, 3.8) is 0 Å². The predicted molar refractivity (Wildman–Crippen MR) is 104 cm³/mol. The van der Waals surface area contributed by atoms with E-state index in [9.17, 15) is 9.59 Å². The monoisotopic (exact) mass is 404 g/mol. The number of carbonyl (C=O) groups excluding carboxylic acids is 2. The number of para-hydroxylation sites is 1. The Kier molecular flexibility index (Phi) is 5.78. The lowest BCUT2D eigenvalue weighted by atomic mass is 10.1. The first-order valence-electron chi connectivity index (χ1n) is 7.83. The molecule has 0 aliphatic carbocycles. The minimum absolute atomic E-state index is 0.165. The van der Waals surface area contributed by atoms with E-state index in [1.165, 1.54) is 19.2 Å². The number of benzene rings is 2. The number of methoxy groups -OCH3 is 1. The molecule has 0 aliphatic heterocycles. The van der Waals surface area contributed by atoms with Gasteiger partial charge < -0.3 is 14.8 Å². The molecule has 1 amide bonds. The summed E-state index contributed by atoms with van der Waals surface area (Å²) in [6.07, 6.45) is 0. The third-order valence-electron chi connectivity index (χ3n) is 3.67. The summed E-state index contributed by atoms with van der Waals surface area (Å²) in [7, 11) is 1.49. The highest BCUT2D eigenvalue weighted by Gasteiger charge is 2.15. The maximum absolute atomic E-state index is 12.4. The Labute approximate surface area is 165 Å². The molecule has 0 saturated carbocycles. The minimum atomic E-state index is -0.668. The van der Waals surface area contributed by atoms with Gasteiger partial charge in [0, 0.05) is 11.1 Å². The molecule has 0 aliphatic rings. The van der Waals surface area contributed by atoms with Crippen molar-refractivity contribution in [3.8, 4) is 5.75 Å². The van der Waals surface area contributed by atoms with Crippen molar-refractivity contribution < 1.29 is 19.1 Å². The van der Waals surface area contributed by atoms with Gasteiger partial charge in [-0.3, -0.25) is 4.79 Å². The van der Waals surface area contributed by atoms with Gasteiger partial charge in [-0.05, 0) is 30.3 Å². The molecule has 0 spiro atoms. The van der Waals surface area contributed by atoms with E-state index in [4.69, 9.17) is 32.7 Å². The van der Waals surface area contributed by atoms with Crippen LogP contribution in [0.1, 0.15) is 10.4 Å². The van der Waals surface area contributed by atoms with Crippen LogP contribution in [0.4, 0.5) is 5.69 Å². The number of nitrogens with one attached hydrogen (secondary N) is 1. The lowest BCUT2D eigenvalue weighted by Crippen LogP contribution is -2.21. The van der Waals surface area contributed by atoms with Crippen molar-refractivity contribution in [3.05, 3.63) is 64.3 Å². The van der Waals surface area contributed by atoms with Gasteiger partial charge in [0.15, 0.2) is 6.61 Å². The molecule has 3 aromatic rings. The number of halogens is 2. The Balaban J connectivity index is 1.67. The lowest BCUT2D eigenvalue weighted by Gasteiger charge is -2.10. The summed E-state index contributed by atoms with van der Waals surface area (Å²) in [6, 6.07) is 13.2. The molecule has 0 unspecified atom stereocenters. The van der Waals surface area contributed by atoms with Crippen molar-refractivity contribution in [1.29, 1.82) is 0 Å². The van der Waals surface area contributed by atoms with E-state index in [1.54, 1.807) is 36.4 Å². The number of anilines is 1. The van der Waals surface area contributed by atoms with Crippen LogP contribution in [0.25, 0.3) is 10.9 Å². The molecule has 0 saturated heterocycles. The third kappa shape index (κ3) is 4.48. The van der Waals surface area contributed by atoms with Crippen LogP contribution >= 0.6 is 23.2 Å². The Hall–Kier alpha value is -2.83. The number of amides is 1. The van der Waals surface area contributed by atoms with Crippen LogP contribution in [0.3, 0.4) is 0 Å². The van der Waals surface area contributed by atoms with Gasteiger partial charge in [-0.1, -0.05) is 41.4 Å². The van der Waals surface area contributed by atoms with Gasteiger partial charge in [0.25, 0.3) is 5.91 Å². The van der Waals surface area contributed by atoms with E-state index in [2.05, 4.69) is 10.3 Å². The van der Waals surface area contributed by atoms with E-state index < -0.39 is 18.5 Å². The van der Waals surface area contributed by atoms with Gasteiger partial charge in [0.1, 0.15) is 10.9 Å². The minimum Gasteiger partial charge on any atom is -0.495 e. The number of aromatic nitrogens is 1. The second kappa shape index (κ2) is 8.24. The zero-order valence-corrected chi connectivity index (χ0v) is 15.7. The van der Waals surface area contributed by atoms with Gasteiger partial charge in [-0.15, -0.1) is 0 Å². The first-order chi connectivity index (χ1) is 13.0. The van der Waals surface area contributed by atoms with E-state index in [1.807, 2.05) is 0 Å². The van der Waals surface area contributed by atoms with Crippen molar-refractivity contribution in [2.24, 2.45) is 0 Å². The van der Waals surface area contributed by atoms with Crippen LogP contribution in [0, 0.1) is 0 Å². The van der Waals surface area contributed by atoms with Gasteiger partial charge in [-0.2, -0.15) is 0 Å². The van der Waals surface area contributed by atoms with Crippen molar-refractivity contribution in [2.75, 3.05) is 19.0 Å². The molecule has 27 heavy (non-hydrogen) atoms. The number of pyridine rings is 1. The highest BCUT2D eigenvalue weighted by atomic mass is 35.5. The first kappa shape index (κ1) is 18.9. The van der Waals surface area contributed by atoms with Crippen molar-refractivity contribution in [2.45, 2.75) is 0 Å². The van der Waals surface area contributed by atoms with Crippen LogP contribution in [0.5, 0.6) is 5.75 Å². The number of ether oxygens (including phenoxy) is 2. The van der Waals surface area contributed by atoms with Crippen LogP contribution in [0.2, 0.25) is 10.2 Å². The standard InChI is InChI=1S/C19H14Cl2N2O4/c1-26-16-7-6-11(8-14(16)20)22-18(24)10-27-19(25)13-9-17(21)23-15-5-3-2-4-12(13)15/h2-9H,10H2,1H3,(H,22,24). The van der Waals surface area contributed by atoms with Crippen LogP contribution in [-0.2, 0) is 9.53 Å². The summed E-state index contributed by atoms with van der Waals surface area (Å²) in [5.41, 5.74) is 1.26. The van der Waals surface area contributed by atoms with Crippen LogP contribution in [0.15, 0.2) is 48.5 Å². The highest BCUT2D eigenvalue weighted by molar-refractivity contribution is 6.32. The Morgan fingerprint density at radius 2 is 1.89 bits per heavy atom. The maximum Gasteiger partial charge on any atom is 0.339 e. The second-order valence-corrected chi connectivity index (χ2v) is 6.28. The normalized spacial score (nSPS) is 10.5. The first-order valence-corrected chi connectivity index (χ1v) is 8.59. The molecule has 0 radical (unpaired) electrons. The number of esters is 1. The van der Waals surface area contributed by atoms with Crippen molar-refractivity contribution >= 4 is 51.7 Å². The van der Waals surface area contributed by atoms with Gasteiger partial charge in [0.05, 0.1) is 23.2 Å². The number of fused-ring (bicyclic) bond motifs is 1. The average molecular weight is 405 g/mol. The van der Waals surface area contributed by atoms with Crippen LogP contribution in [-0.4, -0.2) is 30.6 Å². The summed E-state index contributed by atoms with van der Waals surface area (Å²) in [5, 5.41) is 3.70. The fourth-order valence-electron chi connectivity index (χ4n) is 2.46. The number of nitrogens with zero attached hydrogens (tertiary/aromatic N) is 1. The fraction of sp³-hybridized carbons (Fsp3) is 0.105. The Morgan fingerprint density at radius 1 is 1.11 bits per heavy atom. The van der Waals surface area contributed by atoms with Gasteiger partial charge in [-0.25, -0.2) is 9.78 Å². The lowest BCUT2D eigenvalue weighted by molar-refractivity contribution is -0.119. The number of carbonyl (C=O) groups is 2. The Bertz CT molecular complexity index is 1020. The molecule has 138 valence electrons. The van der Waals surface area contributed by atoms with Gasteiger partial charge >= 0.3 is 5.97 Å². The summed E-state index contributed by atoms with van der Waals surface area (Å²) in [4.78, 5) is 28.6. The molecule has 0 atom stereocenters. The average Bonchev–Trinajstić information content (AvgIpc) is 2.65. The van der Waals surface area contributed by atoms with E-state index in [0.29, 0.717) is 27.4 Å². The van der Waals surface area contributed by atoms with Gasteiger partial charge in [0.2, 0.25) is 0 Å². The molecular weight excluding hydrogens is 391 g/mol.